The van der Waals surface area contributed by atoms with Crippen LogP contribution < -0.4 is 10.0 Å². The van der Waals surface area contributed by atoms with Gasteiger partial charge < -0.3 is 5.32 Å². The summed E-state index contributed by atoms with van der Waals surface area (Å²) in [6.45, 7) is 2.51. The van der Waals surface area contributed by atoms with E-state index in [9.17, 15) is 13.2 Å². The molecular formula is C20H22N4O3S. The van der Waals surface area contributed by atoms with E-state index >= 15 is 0 Å². The first-order valence-corrected chi connectivity index (χ1v) is 10.4. The van der Waals surface area contributed by atoms with E-state index in [1.165, 1.54) is 24.3 Å². The van der Waals surface area contributed by atoms with Crippen LogP contribution in [0.5, 0.6) is 0 Å². The third-order valence-corrected chi connectivity index (χ3v) is 5.73. The number of aromatic nitrogens is 2. The molecule has 7 nitrogen and oxygen atoms in total. The molecule has 0 radical (unpaired) electrons. The molecule has 0 saturated heterocycles. The molecule has 0 atom stereocenters. The van der Waals surface area contributed by atoms with E-state index in [1.807, 2.05) is 36.5 Å². The molecule has 0 aliphatic heterocycles. The van der Waals surface area contributed by atoms with Crippen LogP contribution in [-0.4, -0.2) is 37.2 Å². The van der Waals surface area contributed by atoms with Gasteiger partial charge in [0.2, 0.25) is 10.0 Å². The Morgan fingerprint density at radius 1 is 1.07 bits per heavy atom. The molecule has 0 bridgehead atoms. The van der Waals surface area contributed by atoms with E-state index < -0.39 is 10.0 Å². The second-order valence-electron chi connectivity index (χ2n) is 6.15. The van der Waals surface area contributed by atoms with Gasteiger partial charge in [-0.15, -0.1) is 0 Å². The number of hydrogen-bond donors (Lipinski definition) is 2. The van der Waals surface area contributed by atoms with Crippen LogP contribution >= 0.6 is 0 Å². The van der Waals surface area contributed by atoms with Crippen LogP contribution in [0.1, 0.15) is 22.8 Å². The van der Waals surface area contributed by atoms with Crippen molar-refractivity contribution in [3.63, 3.8) is 0 Å². The summed E-state index contributed by atoms with van der Waals surface area (Å²) < 4.78 is 28.1. The van der Waals surface area contributed by atoms with Crippen molar-refractivity contribution in [2.75, 3.05) is 13.1 Å². The zero-order valence-corrected chi connectivity index (χ0v) is 16.3. The Morgan fingerprint density at radius 3 is 2.39 bits per heavy atom. The maximum absolute atomic E-state index is 12.2. The SMILES string of the molecule is CCNS(=O)(=O)c1ccc(C(=O)NCCc2ccc(-n3cccn3)cc2)cc1. The van der Waals surface area contributed by atoms with Gasteiger partial charge in [0.25, 0.3) is 5.91 Å². The molecule has 0 aliphatic carbocycles. The van der Waals surface area contributed by atoms with Gasteiger partial charge in [-0.1, -0.05) is 19.1 Å². The fourth-order valence-corrected chi connectivity index (χ4v) is 3.76. The second-order valence-corrected chi connectivity index (χ2v) is 7.92. The van der Waals surface area contributed by atoms with Gasteiger partial charge in [-0.05, 0) is 54.4 Å². The highest BCUT2D eigenvalue weighted by Gasteiger charge is 2.13. The van der Waals surface area contributed by atoms with Gasteiger partial charge in [0.1, 0.15) is 0 Å². The van der Waals surface area contributed by atoms with E-state index in [-0.39, 0.29) is 10.8 Å². The smallest absolute Gasteiger partial charge is 0.251 e. The quantitative estimate of drug-likeness (QED) is 0.608. The number of hydrogen-bond acceptors (Lipinski definition) is 4. The molecule has 0 aliphatic rings. The highest BCUT2D eigenvalue weighted by atomic mass is 32.2. The highest BCUT2D eigenvalue weighted by molar-refractivity contribution is 7.89. The van der Waals surface area contributed by atoms with Crippen LogP contribution in [0, 0.1) is 0 Å². The number of amides is 1. The van der Waals surface area contributed by atoms with Gasteiger partial charge in [-0.2, -0.15) is 5.10 Å². The summed E-state index contributed by atoms with van der Waals surface area (Å²) in [6, 6.07) is 15.7. The first-order chi connectivity index (χ1) is 13.5. The number of carbonyl (C=O) groups excluding carboxylic acids is 1. The van der Waals surface area contributed by atoms with Crippen molar-refractivity contribution in [1.82, 2.24) is 19.8 Å². The van der Waals surface area contributed by atoms with Crippen molar-refractivity contribution in [3.05, 3.63) is 78.1 Å². The van der Waals surface area contributed by atoms with E-state index in [0.717, 1.165) is 11.3 Å². The maximum atomic E-state index is 12.2. The van der Waals surface area contributed by atoms with Crippen molar-refractivity contribution in [2.45, 2.75) is 18.2 Å². The third kappa shape index (κ3) is 4.85. The number of carbonyl (C=O) groups is 1. The van der Waals surface area contributed by atoms with Gasteiger partial charge in [-0.3, -0.25) is 4.79 Å². The molecule has 1 heterocycles. The molecule has 1 amide bonds. The normalized spacial score (nSPS) is 11.3. The number of nitrogens with one attached hydrogen (secondary N) is 2. The predicted octanol–water partition coefficient (Wildman–Crippen LogP) is 2.14. The first kappa shape index (κ1) is 19.8. The van der Waals surface area contributed by atoms with Gasteiger partial charge >= 0.3 is 0 Å². The monoisotopic (exact) mass is 398 g/mol. The molecule has 3 aromatic rings. The van der Waals surface area contributed by atoms with E-state index in [1.54, 1.807) is 17.8 Å². The van der Waals surface area contributed by atoms with Crippen molar-refractivity contribution >= 4 is 15.9 Å². The molecular weight excluding hydrogens is 376 g/mol. The zero-order valence-electron chi connectivity index (χ0n) is 15.5. The lowest BCUT2D eigenvalue weighted by Crippen LogP contribution is -2.26. The van der Waals surface area contributed by atoms with Crippen molar-refractivity contribution < 1.29 is 13.2 Å². The lowest BCUT2D eigenvalue weighted by Gasteiger charge is -2.08. The number of benzene rings is 2. The van der Waals surface area contributed by atoms with Gasteiger partial charge in [0.15, 0.2) is 0 Å². The number of rotatable bonds is 8. The molecule has 28 heavy (non-hydrogen) atoms. The Morgan fingerprint density at radius 2 is 1.79 bits per heavy atom. The van der Waals surface area contributed by atoms with Crippen molar-refractivity contribution in [1.29, 1.82) is 0 Å². The Labute approximate surface area is 164 Å². The average molecular weight is 398 g/mol. The summed E-state index contributed by atoms with van der Waals surface area (Å²) in [5.74, 6) is -0.236. The van der Waals surface area contributed by atoms with Crippen LogP contribution in [0.15, 0.2) is 71.9 Å². The Hall–Kier alpha value is -2.97. The molecule has 0 unspecified atom stereocenters. The molecule has 0 saturated carbocycles. The molecule has 2 N–H and O–H groups in total. The van der Waals surface area contributed by atoms with E-state index in [2.05, 4.69) is 15.1 Å². The summed E-state index contributed by atoms with van der Waals surface area (Å²) in [5, 5.41) is 7.04. The largest absolute Gasteiger partial charge is 0.352 e. The minimum absolute atomic E-state index is 0.142. The molecule has 146 valence electrons. The van der Waals surface area contributed by atoms with Gasteiger partial charge in [0, 0.05) is 31.0 Å². The van der Waals surface area contributed by atoms with Crippen molar-refractivity contribution in [3.8, 4) is 5.69 Å². The lowest BCUT2D eigenvalue weighted by molar-refractivity contribution is 0.0954. The minimum Gasteiger partial charge on any atom is -0.352 e. The van der Waals surface area contributed by atoms with Crippen LogP contribution in [0.25, 0.3) is 5.69 Å². The second kappa shape index (κ2) is 8.81. The maximum Gasteiger partial charge on any atom is 0.251 e. The van der Waals surface area contributed by atoms with Gasteiger partial charge in [0.05, 0.1) is 10.6 Å². The third-order valence-electron chi connectivity index (χ3n) is 4.17. The van der Waals surface area contributed by atoms with Crippen LogP contribution in [0.4, 0.5) is 0 Å². The average Bonchev–Trinajstić information content (AvgIpc) is 3.23. The molecule has 3 rings (SSSR count). The van der Waals surface area contributed by atoms with E-state index in [4.69, 9.17) is 0 Å². The Balaban J connectivity index is 1.53. The van der Waals surface area contributed by atoms with Crippen molar-refractivity contribution in [2.24, 2.45) is 0 Å². The summed E-state index contributed by atoms with van der Waals surface area (Å²) in [6.07, 6.45) is 4.30. The molecule has 8 heteroatoms. The fourth-order valence-electron chi connectivity index (χ4n) is 2.72. The minimum atomic E-state index is -3.51. The molecule has 2 aromatic carbocycles. The highest BCUT2D eigenvalue weighted by Crippen LogP contribution is 2.11. The molecule has 1 aromatic heterocycles. The summed E-state index contributed by atoms with van der Waals surface area (Å²) in [4.78, 5) is 12.4. The number of nitrogens with zero attached hydrogens (tertiary/aromatic N) is 2. The lowest BCUT2D eigenvalue weighted by atomic mass is 10.1. The topological polar surface area (TPSA) is 93.1 Å². The Bertz CT molecular complexity index is 1010. The zero-order chi connectivity index (χ0) is 20.0. The van der Waals surface area contributed by atoms with Crippen LogP contribution in [0.3, 0.4) is 0 Å². The Kier molecular flexibility index (Phi) is 6.23. The predicted molar refractivity (Wildman–Crippen MR) is 107 cm³/mol. The first-order valence-electron chi connectivity index (χ1n) is 8.96. The molecule has 0 spiro atoms. The van der Waals surface area contributed by atoms with Gasteiger partial charge in [-0.25, -0.2) is 17.8 Å². The molecule has 0 fully saturated rings. The number of sulfonamides is 1. The standard InChI is InChI=1S/C20H22N4O3S/c1-2-23-28(26,27)19-10-6-17(7-11-19)20(25)21-14-12-16-4-8-18(9-5-16)24-15-3-13-22-24/h3-11,13,15,23H,2,12,14H2,1H3,(H,21,25). The van der Waals surface area contributed by atoms with E-state index in [0.29, 0.717) is 25.1 Å². The van der Waals surface area contributed by atoms with Crippen LogP contribution in [0.2, 0.25) is 0 Å². The van der Waals surface area contributed by atoms with Crippen LogP contribution in [-0.2, 0) is 16.4 Å². The fraction of sp³-hybridized carbons (Fsp3) is 0.200. The summed E-state index contributed by atoms with van der Waals surface area (Å²) in [7, 11) is -3.51. The summed E-state index contributed by atoms with van der Waals surface area (Å²) >= 11 is 0. The summed E-state index contributed by atoms with van der Waals surface area (Å²) in [5.41, 5.74) is 2.50.